The van der Waals surface area contributed by atoms with Crippen molar-refractivity contribution in [3.8, 4) is 0 Å². The molecule has 0 N–H and O–H groups in total. The Morgan fingerprint density at radius 2 is 2.46 bits per heavy atom. The van der Waals surface area contributed by atoms with Crippen LogP contribution in [0.3, 0.4) is 0 Å². The van der Waals surface area contributed by atoms with Crippen LogP contribution < -0.4 is 0 Å². The van der Waals surface area contributed by atoms with E-state index in [1.165, 1.54) is 3.97 Å². The summed E-state index contributed by atoms with van der Waals surface area (Å²) in [4.78, 5) is 4.12. The van der Waals surface area contributed by atoms with Crippen LogP contribution in [0.1, 0.15) is 12.6 Å². The van der Waals surface area contributed by atoms with E-state index in [-0.39, 0.29) is 12.3 Å². The van der Waals surface area contributed by atoms with Crippen molar-refractivity contribution < 1.29 is 3.89 Å². The molecule has 2 rings (SSSR count). The van der Waals surface area contributed by atoms with Crippen LogP contribution in [-0.4, -0.2) is 8.96 Å². The zero-order valence-electron chi connectivity index (χ0n) is 7.20. The third kappa shape index (κ3) is 1.31. The summed E-state index contributed by atoms with van der Waals surface area (Å²) in [5.74, 6) is 0. The number of fused-ring (bicyclic) bond motifs is 1. The van der Waals surface area contributed by atoms with Crippen LogP contribution in [0, 0.1) is 0 Å². The summed E-state index contributed by atoms with van der Waals surface area (Å²) in [6.45, 7) is 2.00. The van der Waals surface area contributed by atoms with Gasteiger partial charge < -0.3 is 0 Å². The molecule has 0 saturated carbocycles. The zero-order valence-corrected chi connectivity index (χ0v) is 8.01. The third-order valence-electron chi connectivity index (χ3n) is 2.02. The maximum absolute atomic E-state index is 12.6. The minimum atomic E-state index is 0.210. The largest absolute Gasteiger partial charge is 0.244 e. The van der Waals surface area contributed by atoms with Gasteiger partial charge in [-0.15, -0.1) is 3.89 Å². The lowest BCUT2D eigenvalue weighted by Gasteiger charge is -1.98. The van der Waals surface area contributed by atoms with Crippen LogP contribution in [0.5, 0.6) is 0 Å². The van der Waals surface area contributed by atoms with Crippen LogP contribution in [0.2, 0.25) is 0 Å². The van der Waals surface area contributed by atoms with Crippen LogP contribution in [-0.2, 0) is 6.42 Å². The molecule has 0 radical (unpaired) electrons. The van der Waals surface area contributed by atoms with Gasteiger partial charge in [0.05, 0.1) is 0 Å². The summed E-state index contributed by atoms with van der Waals surface area (Å²) in [6.07, 6.45) is 2.49. The molecule has 0 unspecified atom stereocenters. The highest BCUT2D eigenvalue weighted by molar-refractivity contribution is 7.92. The van der Waals surface area contributed by atoms with E-state index < -0.39 is 0 Å². The van der Waals surface area contributed by atoms with Crippen LogP contribution in [0.15, 0.2) is 24.4 Å². The van der Waals surface area contributed by atoms with E-state index in [1.54, 1.807) is 6.20 Å². The van der Waals surface area contributed by atoms with Gasteiger partial charge in [0, 0.05) is 17.3 Å². The molecule has 2 heterocycles. The van der Waals surface area contributed by atoms with Gasteiger partial charge in [-0.25, -0.2) is 8.96 Å². The summed E-state index contributed by atoms with van der Waals surface area (Å²) in [5, 5.41) is 0.990. The summed E-state index contributed by atoms with van der Waals surface area (Å²) in [7, 11) is 0. The average molecular weight is 196 g/mol. The SMILES string of the molecule is CCc1cc2cccnc2n1SF. The molecule has 0 saturated heterocycles. The molecule has 0 aromatic carbocycles. The topological polar surface area (TPSA) is 17.8 Å². The summed E-state index contributed by atoms with van der Waals surface area (Å²) >= 11 is 0.210. The number of hydrogen-bond donors (Lipinski definition) is 0. The molecule has 0 aliphatic heterocycles. The molecular weight excluding hydrogens is 187 g/mol. The molecule has 68 valence electrons. The van der Waals surface area contributed by atoms with E-state index in [9.17, 15) is 3.89 Å². The summed E-state index contributed by atoms with van der Waals surface area (Å²) in [5.41, 5.74) is 1.66. The van der Waals surface area contributed by atoms with E-state index in [0.29, 0.717) is 5.65 Å². The third-order valence-corrected chi connectivity index (χ3v) is 2.57. The molecule has 4 heteroatoms. The number of pyridine rings is 1. The van der Waals surface area contributed by atoms with Gasteiger partial charge in [0.25, 0.3) is 0 Å². The lowest BCUT2D eigenvalue weighted by molar-refractivity contribution is 0.902. The molecular formula is C9H9FN2S. The van der Waals surface area contributed by atoms with Crippen molar-refractivity contribution in [3.63, 3.8) is 0 Å². The lowest BCUT2D eigenvalue weighted by atomic mass is 10.3. The van der Waals surface area contributed by atoms with Crippen molar-refractivity contribution in [1.29, 1.82) is 0 Å². The highest BCUT2D eigenvalue weighted by atomic mass is 32.2. The summed E-state index contributed by atoms with van der Waals surface area (Å²) < 4.78 is 14.1. The second kappa shape index (κ2) is 3.38. The van der Waals surface area contributed by atoms with E-state index in [4.69, 9.17) is 0 Å². The number of aromatic nitrogens is 2. The van der Waals surface area contributed by atoms with Gasteiger partial charge in [-0.3, -0.25) is 0 Å². The van der Waals surface area contributed by atoms with Gasteiger partial charge in [0.15, 0.2) is 18.0 Å². The van der Waals surface area contributed by atoms with Crippen molar-refractivity contribution in [2.45, 2.75) is 13.3 Å². The predicted molar refractivity (Wildman–Crippen MR) is 53.2 cm³/mol. The Balaban J connectivity index is 2.73. The van der Waals surface area contributed by atoms with Gasteiger partial charge in [0.2, 0.25) is 0 Å². The molecule has 0 bridgehead atoms. The van der Waals surface area contributed by atoms with E-state index >= 15 is 0 Å². The van der Waals surface area contributed by atoms with E-state index in [1.807, 2.05) is 25.1 Å². The first-order valence-corrected chi connectivity index (χ1v) is 4.78. The Hall–Kier alpha value is -1.03. The van der Waals surface area contributed by atoms with Gasteiger partial charge in [-0.1, -0.05) is 6.92 Å². The molecule has 2 aromatic heterocycles. The highest BCUT2D eigenvalue weighted by Gasteiger charge is 2.07. The first kappa shape index (κ1) is 8.56. The second-order valence-electron chi connectivity index (χ2n) is 2.77. The first-order valence-electron chi connectivity index (χ1n) is 4.11. The number of nitrogens with zero attached hydrogens (tertiary/aromatic N) is 2. The van der Waals surface area contributed by atoms with Crippen molar-refractivity contribution in [3.05, 3.63) is 30.1 Å². The smallest absolute Gasteiger partial charge is 0.171 e. The maximum atomic E-state index is 12.6. The fourth-order valence-electron chi connectivity index (χ4n) is 1.39. The molecule has 0 atom stereocenters. The highest BCUT2D eigenvalue weighted by Crippen LogP contribution is 2.23. The Morgan fingerprint density at radius 1 is 1.62 bits per heavy atom. The number of aryl methyl sites for hydroxylation is 1. The molecule has 0 aliphatic rings. The van der Waals surface area contributed by atoms with Gasteiger partial charge in [0.1, 0.15) is 0 Å². The van der Waals surface area contributed by atoms with Gasteiger partial charge >= 0.3 is 0 Å². The molecule has 0 amide bonds. The number of rotatable bonds is 2. The minimum absolute atomic E-state index is 0.210. The standard InChI is InChI=1S/C9H9FN2S/c1-2-8-6-7-4-3-5-11-9(7)12(8)13-10/h3-6H,2H2,1H3. The first-order chi connectivity index (χ1) is 6.36. The molecule has 2 nitrogen and oxygen atoms in total. The predicted octanol–water partition coefficient (Wildman–Crippen LogP) is 2.98. The Labute approximate surface area is 80.2 Å². The van der Waals surface area contributed by atoms with Gasteiger partial charge in [-0.05, 0) is 24.6 Å². The Morgan fingerprint density at radius 3 is 3.15 bits per heavy atom. The molecule has 0 aliphatic carbocycles. The van der Waals surface area contributed by atoms with E-state index in [2.05, 4.69) is 4.98 Å². The molecule has 2 aromatic rings. The zero-order chi connectivity index (χ0) is 9.26. The van der Waals surface area contributed by atoms with Crippen LogP contribution >= 0.6 is 12.3 Å². The maximum Gasteiger partial charge on any atom is 0.171 e. The molecule has 0 fully saturated rings. The molecule has 0 spiro atoms. The van der Waals surface area contributed by atoms with Crippen LogP contribution in [0.4, 0.5) is 3.89 Å². The quantitative estimate of drug-likeness (QED) is 0.734. The molecule has 13 heavy (non-hydrogen) atoms. The normalized spacial score (nSPS) is 10.9. The fourth-order valence-corrected chi connectivity index (χ4v) is 1.88. The van der Waals surface area contributed by atoms with Crippen molar-refractivity contribution >= 4 is 23.4 Å². The van der Waals surface area contributed by atoms with Gasteiger partial charge in [-0.2, -0.15) is 0 Å². The van der Waals surface area contributed by atoms with Crippen LogP contribution in [0.25, 0.3) is 11.0 Å². The van der Waals surface area contributed by atoms with E-state index in [0.717, 1.165) is 17.5 Å². The van der Waals surface area contributed by atoms with Crippen molar-refractivity contribution in [2.24, 2.45) is 0 Å². The average Bonchev–Trinajstić information content (AvgIpc) is 2.55. The number of halogens is 1. The van der Waals surface area contributed by atoms with Crippen molar-refractivity contribution in [1.82, 2.24) is 8.96 Å². The van der Waals surface area contributed by atoms with Crippen molar-refractivity contribution in [2.75, 3.05) is 0 Å². The Kier molecular flexibility index (Phi) is 2.22. The fraction of sp³-hybridized carbons (Fsp3) is 0.222. The number of hydrogen-bond acceptors (Lipinski definition) is 2. The Bertz CT molecular complexity index is 424. The lowest BCUT2D eigenvalue weighted by Crippen LogP contribution is -1.90. The minimum Gasteiger partial charge on any atom is -0.244 e. The second-order valence-corrected chi connectivity index (χ2v) is 3.27. The monoisotopic (exact) mass is 196 g/mol. The summed E-state index contributed by atoms with van der Waals surface area (Å²) in [6, 6.07) is 5.76.